The second-order valence-electron chi connectivity index (χ2n) is 3.46. The van der Waals surface area contributed by atoms with E-state index in [0.29, 0.717) is 5.69 Å². The average Bonchev–Trinajstić information content (AvgIpc) is 2.91. The van der Waals surface area contributed by atoms with Gasteiger partial charge in [-0.1, -0.05) is 0 Å². The van der Waals surface area contributed by atoms with Crippen LogP contribution in [0.3, 0.4) is 0 Å². The molecule has 0 fully saturated rings. The van der Waals surface area contributed by atoms with Crippen LogP contribution in [0.25, 0.3) is 5.69 Å². The van der Waals surface area contributed by atoms with Crippen LogP contribution in [-0.4, -0.2) is 37.2 Å². The smallest absolute Gasteiger partial charge is 0.328 e. The molecule has 0 saturated heterocycles. The summed E-state index contributed by atoms with van der Waals surface area (Å²) in [5.74, 6) is -1.69. The molecule has 1 amide bonds. The van der Waals surface area contributed by atoms with E-state index < -0.39 is 11.9 Å². The lowest BCUT2D eigenvalue weighted by atomic mass is 10.3. The Hall–Kier alpha value is -3.03. The number of nitrogens with zero attached hydrogens (tertiary/aromatic N) is 4. The third-order valence-corrected chi connectivity index (χ3v) is 2.13. The van der Waals surface area contributed by atoms with Gasteiger partial charge in [0.15, 0.2) is 0 Å². The lowest BCUT2D eigenvalue weighted by molar-refractivity contribution is -0.131. The summed E-state index contributed by atoms with van der Waals surface area (Å²) in [6.07, 6.45) is 3.16. The maximum Gasteiger partial charge on any atom is 0.328 e. The van der Waals surface area contributed by atoms with Crippen molar-refractivity contribution in [1.29, 1.82) is 0 Å². The Morgan fingerprint density at radius 1 is 1.21 bits per heavy atom. The third-order valence-electron chi connectivity index (χ3n) is 2.13. The van der Waals surface area contributed by atoms with Gasteiger partial charge < -0.3 is 10.4 Å². The molecule has 8 heteroatoms. The molecule has 2 N–H and O–H groups in total. The second kappa shape index (κ2) is 5.54. The molecule has 1 heterocycles. The number of rotatable bonds is 4. The molecule has 1 aromatic carbocycles. The van der Waals surface area contributed by atoms with Gasteiger partial charge in [0, 0.05) is 17.8 Å². The Balaban J connectivity index is 2.03. The number of carbonyl (C=O) groups is 2. The van der Waals surface area contributed by atoms with Crippen molar-refractivity contribution < 1.29 is 14.7 Å². The van der Waals surface area contributed by atoms with Crippen LogP contribution in [-0.2, 0) is 9.59 Å². The molecule has 0 aliphatic heterocycles. The molecule has 2 aromatic rings. The highest BCUT2D eigenvalue weighted by atomic mass is 16.4. The lowest BCUT2D eigenvalue weighted by Gasteiger charge is -2.03. The zero-order valence-electron chi connectivity index (χ0n) is 9.59. The SMILES string of the molecule is O=C(O)/C=C/C(=O)Nc1ccc(-n2cnnn2)cc1. The summed E-state index contributed by atoms with van der Waals surface area (Å²) in [6.45, 7) is 0. The first-order valence-electron chi connectivity index (χ1n) is 5.20. The molecule has 0 spiro atoms. The first kappa shape index (κ1) is 12.4. The van der Waals surface area contributed by atoms with Crippen molar-refractivity contribution >= 4 is 17.6 Å². The van der Waals surface area contributed by atoms with Crippen molar-refractivity contribution in [2.45, 2.75) is 0 Å². The largest absolute Gasteiger partial charge is 0.478 e. The first-order valence-corrected chi connectivity index (χ1v) is 5.20. The molecule has 0 aliphatic rings. The molecule has 8 nitrogen and oxygen atoms in total. The van der Waals surface area contributed by atoms with Gasteiger partial charge in [-0.2, -0.15) is 0 Å². The molecule has 2 rings (SSSR count). The summed E-state index contributed by atoms with van der Waals surface area (Å²) in [5.41, 5.74) is 1.28. The van der Waals surface area contributed by atoms with Crippen molar-refractivity contribution in [3.05, 3.63) is 42.7 Å². The van der Waals surface area contributed by atoms with E-state index in [2.05, 4.69) is 20.8 Å². The van der Waals surface area contributed by atoms with Crippen LogP contribution in [0.1, 0.15) is 0 Å². The second-order valence-corrected chi connectivity index (χ2v) is 3.46. The van der Waals surface area contributed by atoms with Crippen LogP contribution >= 0.6 is 0 Å². The van der Waals surface area contributed by atoms with Crippen LogP contribution in [0.2, 0.25) is 0 Å². The van der Waals surface area contributed by atoms with E-state index in [1.165, 1.54) is 11.0 Å². The standard InChI is InChI=1S/C11H9N5O3/c17-10(5-6-11(18)19)13-8-1-3-9(4-2-8)16-7-12-14-15-16/h1-7H,(H,13,17)(H,18,19)/b6-5+. The highest BCUT2D eigenvalue weighted by Crippen LogP contribution is 2.11. The van der Waals surface area contributed by atoms with Gasteiger partial charge in [-0.3, -0.25) is 4.79 Å². The predicted octanol–water partition coefficient (Wildman–Crippen LogP) is 0.242. The minimum absolute atomic E-state index is 0.516. The van der Waals surface area contributed by atoms with Gasteiger partial charge >= 0.3 is 5.97 Å². The monoisotopic (exact) mass is 259 g/mol. The molecule has 0 atom stereocenters. The Labute approximate surface area is 107 Å². The highest BCUT2D eigenvalue weighted by molar-refractivity contribution is 6.02. The van der Waals surface area contributed by atoms with Crippen molar-refractivity contribution in [1.82, 2.24) is 20.2 Å². The van der Waals surface area contributed by atoms with Crippen LogP contribution < -0.4 is 5.32 Å². The molecule has 96 valence electrons. The zero-order valence-corrected chi connectivity index (χ0v) is 9.59. The molecule has 0 bridgehead atoms. The van der Waals surface area contributed by atoms with E-state index in [4.69, 9.17) is 5.11 Å². The predicted molar refractivity (Wildman–Crippen MR) is 64.6 cm³/mol. The number of carboxylic acids is 1. The molecule has 0 radical (unpaired) electrons. The number of carboxylic acid groups (broad SMARTS) is 1. The maximum absolute atomic E-state index is 11.3. The molecule has 0 aliphatic carbocycles. The normalized spacial score (nSPS) is 10.5. The van der Waals surface area contributed by atoms with Crippen molar-refractivity contribution in [2.24, 2.45) is 0 Å². The Bertz CT molecular complexity index is 604. The number of anilines is 1. The first-order chi connectivity index (χ1) is 9.15. The molecular weight excluding hydrogens is 250 g/mol. The number of hydrogen-bond donors (Lipinski definition) is 2. The maximum atomic E-state index is 11.3. The minimum Gasteiger partial charge on any atom is -0.478 e. The number of benzene rings is 1. The summed E-state index contributed by atoms with van der Waals surface area (Å²) < 4.78 is 1.47. The molecule has 0 saturated carbocycles. The summed E-state index contributed by atoms with van der Waals surface area (Å²) in [4.78, 5) is 21.6. The Morgan fingerprint density at radius 3 is 2.53 bits per heavy atom. The van der Waals surface area contributed by atoms with Crippen molar-refractivity contribution in [3.8, 4) is 5.69 Å². The van der Waals surface area contributed by atoms with Gasteiger partial charge in [0.25, 0.3) is 0 Å². The lowest BCUT2D eigenvalue weighted by Crippen LogP contribution is -2.08. The van der Waals surface area contributed by atoms with E-state index in [1.54, 1.807) is 24.3 Å². The van der Waals surface area contributed by atoms with E-state index in [9.17, 15) is 9.59 Å². The number of aliphatic carboxylic acids is 1. The van der Waals surface area contributed by atoms with Crippen LogP contribution in [0.15, 0.2) is 42.7 Å². The van der Waals surface area contributed by atoms with Gasteiger partial charge in [0.05, 0.1) is 5.69 Å². The van der Waals surface area contributed by atoms with Gasteiger partial charge in [-0.05, 0) is 34.7 Å². The van der Waals surface area contributed by atoms with Gasteiger partial charge in [0.1, 0.15) is 6.33 Å². The topological polar surface area (TPSA) is 110 Å². The Kier molecular flexibility index (Phi) is 3.62. The average molecular weight is 259 g/mol. The molecule has 1 aromatic heterocycles. The van der Waals surface area contributed by atoms with Gasteiger partial charge in [-0.25, -0.2) is 9.48 Å². The number of tetrazole rings is 1. The summed E-state index contributed by atoms with van der Waals surface area (Å²) in [5, 5.41) is 21.6. The number of carbonyl (C=O) groups excluding carboxylic acids is 1. The fraction of sp³-hybridized carbons (Fsp3) is 0. The summed E-state index contributed by atoms with van der Waals surface area (Å²) in [7, 11) is 0. The molecule has 19 heavy (non-hydrogen) atoms. The van der Waals surface area contributed by atoms with Crippen molar-refractivity contribution in [2.75, 3.05) is 5.32 Å². The van der Waals surface area contributed by atoms with Crippen molar-refractivity contribution in [3.63, 3.8) is 0 Å². The van der Waals surface area contributed by atoms with E-state index in [0.717, 1.165) is 17.8 Å². The highest BCUT2D eigenvalue weighted by Gasteiger charge is 2.01. The fourth-order valence-corrected chi connectivity index (χ4v) is 1.31. The molecular formula is C11H9N5O3. The number of nitrogens with one attached hydrogen (secondary N) is 1. The quantitative estimate of drug-likeness (QED) is 0.761. The Morgan fingerprint density at radius 2 is 1.95 bits per heavy atom. The van der Waals surface area contributed by atoms with E-state index >= 15 is 0 Å². The number of aromatic nitrogens is 4. The van der Waals surface area contributed by atoms with Gasteiger partial charge in [0.2, 0.25) is 5.91 Å². The van der Waals surface area contributed by atoms with Crippen LogP contribution in [0.4, 0.5) is 5.69 Å². The van der Waals surface area contributed by atoms with E-state index in [-0.39, 0.29) is 0 Å². The van der Waals surface area contributed by atoms with Gasteiger partial charge in [-0.15, -0.1) is 5.10 Å². The number of amides is 1. The fourth-order valence-electron chi connectivity index (χ4n) is 1.31. The third kappa shape index (κ3) is 3.46. The summed E-state index contributed by atoms with van der Waals surface area (Å²) in [6, 6.07) is 6.74. The van der Waals surface area contributed by atoms with Crippen LogP contribution in [0.5, 0.6) is 0 Å². The van der Waals surface area contributed by atoms with E-state index in [1.807, 2.05) is 0 Å². The zero-order chi connectivity index (χ0) is 13.7. The molecule has 0 unspecified atom stereocenters. The number of hydrogen-bond acceptors (Lipinski definition) is 5. The minimum atomic E-state index is -1.18. The van der Waals surface area contributed by atoms with Crippen LogP contribution in [0, 0.1) is 0 Å². The summed E-state index contributed by atoms with van der Waals surface area (Å²) >= 11 is 0.